The summed E-state index contributed by atoms with van der Waals surface area (Å²) < 4.78 is 13.6. The fourth-order valence-electron chi connectivity index (χ4n) is 1.99. The molecule has 2 aromatic carbocycles. The van der Waals surface area contributed by atoms with Crippen molar-refractivity contribution in [3.05, 3.63) is 70.1 Å². The Kier molecular flexibility index (Phi) is 4.32. The number of carbonyl (C=O) groups excluding carboxylic acids is 1. The number of amides is 1. The first-order chi connectivity index (χ1) is 11.0. The highest BCUT2D eigenvalue weighted by atomic mass is 35.5. The number of H-pyrrole nitrogens is 1. The van der Waals surface area contributed by atoms with Gasteiger partial charge < -0.3 is 5.32 Å². The minimum absolute atomic E-state index is 0.00476. The van der Waals surface area contributed by atoms with Gasteiger partial charge in [0.2, 0.25) is 0 Å². The summed E-state index contributed by atoms with van der Waals surface area (Å²) in [4.78, 5) is 12.2. The van der Waals surface area contributed by atoms with Crippen LogP contribution < -0.4 is 5.32 Å². The molecule has 0 unspecified atom stereocenters. The number of aromatic amines is 1. The van der Waals surface area contributed by atoms with Crippen molar-refractivity contribution in [1.29, 1.82) is 0 Å². The maximum Gasteiger partial charge on any atom is 0.273 e. The summed E-state index contributed by atoms with van der Waals surface area (Å²) in [6.07, 6.45) is 0. The van der Waals surface area contributed by atoms with Gasteiger partial charge in [-0.25, -0.2) is 4.39 Å². The number of hydrogen-bond donors (Lipinski definition) is 2. The third-order valence-electron chi connectivity index (χ3n) is 3.14. The number of halogens is 3. The van der Waals surface area contributed by atoms with Crippen LogP contribution in [-0.4, -0.2) is 16.1 Å². The number of aromatic nitrogens is 2. The highest BCUT2D eigenvalue weighted by Crippen LogP contribution is 2.22. The van der Waals surface area contributed by atoms with Crippen LogP contribution in [0, 0.1) is 5.82 Å². The number of carbonyl (C=O) groups is 1. The molecule has 0 spiro atoms. The fraction of sp³-hybridized carbons (Fsp3) is 0. The first-order valence-electron chi connectivity index (χ1n) is 6.61. The normalized spacial score (nSPS) is 10.6. The van der Waals surface area contributed by atoms with Crippen LogP contribution in [0.3, 0.4) is 0 Å². The Balaban J connectivity index is 1.81. The predicted octanol–water partition coefficient (Wildman–Crippen LogP) is 4.77. The van der Waals surface area contributed by atoms with Gasteiger partial charge in [-0.05, 0) is 36.4 Å². The van der Waals surface area contributed by atoms with Crippen LogP contribution >= 0.6 is 23.2 Å². The Hall–Kier alpha value is -2.37. The lowest BCUT2D eigenvalue weighted by atomic mass is 10.1. The summed E-state index contributed by atoms with van der Waals surface area (Å²) in [6, 6.07) is 12.5. The standard InChI is InChI=1S/C16H10Cl2FN3O/c17-10-3-1-9(2-4-10)13-8-15(22-21-13)16(23)20-14-7-11(18)5-6-12(14)19/h1-8H,(H,20,23)(H,21,22). The molecule has 7 heteroatoms. The molecular formula is C16H10Cl2FN3O. The van der Waals surface area contributed by atoms with Crippen molar-refractivity contribution in [3.63, 3.8) is 0 Å². The highest BCUT2D eigenvalue weighted by molar-refractivity contribution is 6.31. The van der Waals surface area contributed by atoms with Gasteiger partial charge in [0, 0.05) is 15.6 Å². The van der Waals surface area contributed by atoms with E-state index in [-0.39, 0.29) is 11.4 Å². The molecule has 4 nitrogen and oxygen atoms in total. The van der Waals surface area contributed by atoms with Gasteiger partial charge in [0.05, 0.1) is 11.4 Å². The molecule has 3 rings (SSSR count). The third-order valence-corrected chi connectivity index (χ3v) is 3.63. The summed E-state index contributed by atoms with van der Waals surface area (Å²) >= 11 is 11.6. The maximum atomic E-state index is 13.6. The molecule has 3 aromatic rings. The zero-order chi connectivity index (χ0) is 16.4. The average Bonchev–Trinajstić information content (AvgIpc) is 3.02. The Morgan fingerprint density at radius 1 is 1.04 bits per heavy atom. The minimum atomic E-state index is -0.569. The van der Waals surface area contributed by atoms with Crippen LogP contribution in [0.2, 0.25) is 10.0 Å². The molecule has 0 aliphatic heterocycles. The molecule has 23 heavy (non-hydrogen) atoms. The van der Waals surface area contributed by atoms with E-state index < -0.39 is 11.7 Å². The molecule has 2 N–H and O–H groups in total. The maximum absolute atomic E-state index is 13.6. The lowest BCUT2D eigenvalue weighted by molar-refractivity contribution is 0.102. The SMILES string of the molecule is O=C(Nc1cc(Cl)ccc1F)c1cc(-c2ccc(Cl)cc2)n[nH]1. The molecule has 1 heterocycles. The van der Waals surface area contributed by atoms with Crippen LogP contribution in [0.1, 0.15) is 10.5 Å². The average molecular weight is 350 g/mol. The number of nitrogens with one attached hydrogen (secondary N) is 2. The second-order valence-electron chi connectivity index (χ2n) is 4.75. The van der Waals surface area contributed by atoms with E-state index in [1.54, 1.807) is 30.3 Å². The Morgan fingerprint density at radius 2 is 1.74 bits per heavy atom. The molecule has 0 saturated carbocycles. The highest BCUT2D eigenvalue weighted by Gasteiger charge is 2.13. The topological polar surface area (TPSA) is 57.8 Å². The smallest absolute Gasteiger partial charge is 0.273 e. The van der Waals surface area contributed by atoms with Crippen molar-refractivity contribution in [2.75, 3.05) is 5.32 Å². The molecule has 0 atom stereocenters. The van der Waals surface area contributed by atoms with Crippen LogP contribution in [0.25, 0.3) is 11.3 Å². The van der Waals surface area contributed by atoms with Gasteiger partial charge >= 0.3 is 0 Å². The molecule has 0 fully saturated rings. The fourth-order valence-corrected chi connectivity index (χ4v) is 2.29. The summed E-state index contributed by atoms with van der Waals surface area (Å²) in [5.41, 5.74) is 1.59. The van der Waals surface area contributed by atoms with Crippen molar-refractivity contribution in [3.8, 4) is 11.3 Å². The van der Waals surface area contributed by atoms with Crippen molar-refractivity contribution in [2.45, 2.75) is 0 Å². The van der Waals surface area contributed by atoms with Crippen molar-refractivity contribution >= 4 is 34.8 Å². The largest absolute Gasteiger partial charge is 0.318 e. The lowest BCUT2D eigenvalue weighted by Gasteiger charge is -2.05. The van der Waals surface area contributed by atoms with Crippen LogP contribution in [0.4, 0.5) is 10.1 Å². The van der Waals surface area contributed by atoms with Gasteiger partial charge in [-0.3, -0.25) is 9.89 Å². The van der Waals surface area contributed by atoms with Gasteiger partial charge in [-0.15, -0.1) is 0 Å². The molecule has 0 aliphatic carbocycles. The molecule has 0 radical (unpaired) electrons. The van der Waals surface area contributed by atoms with Crippen LogP contribution in [0.5, 0.6) is 0 Å². The van der Waals surface area contributed by atoms with Gasteiger partial charge in [0.1, 0.15) is 11.5 Å². The van der Waals surface area contributed by atoms with Crippen LogP contribution in [0.15, 0.2) is 48.5 Å². The minimum Gasteiger partial charge on any atom is -0.318 e. The quantitative estimate of drug-likeness (QED) is 0.715. The molecule has 116 valence electrons. The second kappa shape index (κ2) is 6.40. The zero-order valence-electron chi connectivity index (χ0n) is 11.6. The van der Waals surface area contributed by atoms with Gasteiger partial charge in [-0.1, -0.05) is 35.3 Å². The summed E-state index contributed by atoms with van der Waals surface area (Å²) in [6.45, 7) is 0. The Labute approximate surface area is 141 Å². The van der Waals surface area contributed by atoms with Crippen molar-refractivity contribution < 1.29 is 9.18 Å². The van der Waals surface area contributed by atoms with E-state index in [0.717, 1.165) is 5.56 Å². The van der Waals surface area contributed by atoms with E-state index >= 15 is 0 Å². The molecule has 0 aliphatic rings. The van der Waals surface area contributed by atoms with E-state index in [9.17, 15) is 9.18 Å². The number of benzene rings is 2. The monoisotopic (exact) mass is 349 g/mol. The Bertz CT molecular complexity index is 862. The van der Waals surface area contributed by atoms with Crippen LogP contribution in [-0.2, 0) is 0 Å². The summed E-state index contributed by atoms with van der Waals surface area (Å²) in [5, 5.41) is 10.1. The van der Waals surface area contributed by atoms with Gasteiger partial charge in [0.15, 0.2) is 0 Å². The van der Waals surface area contributed by atoms with Gasteiger partial charge in [-0.2, -0.15) is 5.10 Å². The van der Waals surface area contributed by atoms with E-state index in [1.807, 2.05) is 0 Å². The number of nitrogens with zero attached hydrogens (tertiary/aromatic N) is 1. The number of hydrogen-bond acceptors (Lipinski definition) is 2. The zero-order valence-corrected chi connectivity index (χ0v) is 13.1. The van der Waals surface area contributed by atoms with Crippen molar-refractivity contribution in [2.24, 2.45) is 0 Å². The van der Waals surface area contributed by atoms with Crippen molar-refractivity contribution in [1.82, 2.24) is 10.2 Å². The summed E-state index contributed by atoms with van der Waals surface area (Å²) in [5.74, 6) is -1.08. The molecule has 1 aromatic heterocycles. The molecular weight excluding hydrogens is 340 g/mol. The first kappa shape index (κ1) is 15.5. The van der Waals surface area contributed by atoms with E-state index in [0.29, 0.717) is 15.7 Å². The van der Waals surface area contributed by atoms with Gasteiger partial charge in [0.25, 0.3) is 5.91 Å². The van der Waals surface area contributed by atoms with E-state index in [1.165, 1.54) is 18.2 Å². The lowest BCUT2D eigenvalue weighted by Crippen LogP contribution is -2.13. The molecule has 0 bridgehead atoms. The summed E-state index contributed by atoms with van der Waals surface area (Å²) in [7, 11) is 0. The number of rotatable bonds is 3. The molecule has 0 saturated heterocycles. The number of anilines is 1. The second-order valence-corrected chi connectivity index (χ2v) is 5.62. The van der Waals surface area contributed by atoms with E-state index in [4.69, 9.17) is 23.2 Å². The predicted molar refractivity (Wildman–Crippen MR) is 88.4 cm³/mol. The molecule has 1 amide bonds. The Morgan fingerprint density at radius 3 is 2.48 bits per heavy atom. The first-order valence-corrected chi connectivity index (χ1v) is 7.36. The third kappa shape index (κ3) is 3.52. The van der Waals surface area contributed by atoms with E-state index in [2.05, 4.69) is 15.5 Å².